The number of halogens is 2. The van der Waals surface area contributed by atoms with E-state index in [4.69, 9.17) is 17.3 Å². The van der Waals surface area contributed by atoms with Crippen molar-refractivity contribution < 1.29 is 4.79 Å². The average Bonchev–Trinajstić information content (AvgIpc) is 2.48. The van der Waals surface area contributed by atoms with Crippen LogP contribution in [0.1, 0.15) is 31.2 Å². The van der Waals surface area contributed by atoms with Crippen LogP contribution in [-0.4, -0.2) is 24.2 Å². The highest BCUT2D eigenvalue weighted by atomic mass is 35.5. The van der Waals surface area contributed by atoms with Crippen LogP contribution in [0.2, 0.25) is 5.02 Å². The minimum atomic E-state index is 0. The number of nitrogens with one attached hydrogen (secondary N) is 1. The van der Waals surface area contributed by atoms with Gasteiger partial charge in [0.1, 0.15) is 0 Å². The van der Waals surface area contributed by atoms with Crippen LogP contribution in [-0.2, 0) is 10.5 Å². The maximum Gasteiger partial charge on any atom is 0.230 e. The van der Waals surface area contributed by atoms with Crippen molar-refractivity contribution >= 4 is 41.7 Å². The Kier molecular flexibility index (Phi) is 9.25. The molecule has 0 spiro atoms. The summed E-state index contributed by atoms with van der Waals surface area (Å²) < 4.78 is 0. The van der Waals surface area contributed by atoms with Crippen LogP contribution in [0.25, 0.3) is 0 Å². The Morgan fingerprint density at radius 2 is 2.14 bits per heavy atom. The van der Waals surface area contributed by atoms with E-state index in [1.165, 1.54) is 12.8 Å². The van der Waals surface area contributed by atoms with Crippen molar-refractivity contribution in [3.05, 3.63) is 34.9 Å². The predicted molar refractivity (Wildman–Crippen MR) is 97.8 cm³/mol. The van der Waals surface area contributed by atoms with E-state index >= 15 is 0 Å². The molecule has 0 radical (unpaired) electrons. The summed E-state index contributed by atoms with van der Waals surface area (Å²) in [6.07, 6.45) is 4.62. The quantitative estimate of drug-likeness (QED) is 0.812. The number of hydrogen-bond acceptors (Lipinski definition) is 3. The fourth-order valence-corrected chi connectivity index (χ4v) is 3.82. The molecule has 1 aliphatic carbocycles. The standard InChI is InChI=1S/C16H23ClN2OS.ClH/c17-14-6-3-4-12(8-14)10-21-11-16(20)19-15-7-2-1-5-13(15)9-18;/h3-4,6,8,13,15H,1-2,5,7,9-11,18H2,(H,19,20);1H. The van der Waals surface area contributed by atoms with Crippen molar-refractivity contribution in [2.75, 3.05) is 12.3 Å². The van der Waals surface area contributed by atoms with E-state index in [2.05, 4.69) is 5.32 Å². The molecular formula is C16H24Cl2N2OS. The zero-order valence-corrected chi connectivity index (χ0v) is 15.0. The summed E-state index contributed by atoms with van der Waals surface area (Å²) in [6, 6.07) is 8.04. The van der Waals surface area contributed by atoms with Crippen molar-refractivity contribution in [1.29, 1.82) is 0 Å². The van der Waals surface area contributed by atoms with Gasteiger partial charge in [-0.3, -0.25) is 4.79 Å². The molecule has 0 heterocycles. The first-order valence-corrected chi connectivity index (χ1v) is 9.04. The molecule has 1 amide bonds. The van der Waals surface area contributed by atoms with Gasteiger partial charge in [0.2, 0.25) is 5.91 Å². The summed E-state index contributed by atoms with van der Waals surface area (Å²) in [6.45, 7) is 0.667. The third kappa shape index (κ3) is 6.37. The molecule has 2 atom stereocenters. The lowest BCUT2D eigenvalue weighted by atomic mass is 9.84. The topological polar surface area (TPSA) is 55.1 Å². The Balaban J connectivity index is 0.00000242. The molecule has 1 saturated carbocycles. The highest BCUT2D eigenvalue weighted by Gasteiger charge is 2.24. The zero-order chi connectivity index (χ0) is 15.1. The number of nitrogens with two attached hydrogens (primary N) is 1. The Hall–Kier alpha value is -0.420. The highest BCUT2D eigenvalue weighted by molar-refractivity contribution is 7.99. The van der Waals surface area contributed by atoms with Crippen molar-refractivity contribution in [3.8, 4) is 0 Å². The molecule has 1 aromatic rings. The minimum Gasteiger partial charge on any atom is -0.352 e. The summed E-state index contributed by atoms with van der Waals surface area (Å²) in [5, 5.41) is 3.89. The zero-order valence-electron chi connectivity index (χ0n) is 12.6. The molecule has 0 saturated heterocycles. The molecule has 2 rings (SSSR count). The van der Waals surface area contributed by atoms with Crippen molar-refractivity contribution in [1.82, 2.24) is 5.32 Å². The fourth-order valence-electron chi connectivity index (χ4n) is 2.82. The Morgan fingerprint density at radius 1 is 1.36 bits per heavy atom. The molecule has 22 heavy (non-hydrogen) atoms. The summed E-state index contributed by atoms with van der Waals surface area (Å²) in [7, 11) is 0. The van der Waals surface area contributed by atoms with Crippen molar-refractivity contribution in [2.24, 2.45) is 11.7 Å². The van der Waals surface area contributed by atoms with E-state index in [-0.39, 0.29) is 24.4 Å². The Labute approximate surface area is 148 Å². The first-order valence-electron chi connectivity index (χ1n) is 7.50. The number of hydrogen-bond donors (Lipinski definition) is 2. The Morgan fingerprint density at radius 3 is 2.86 bits per heavy atom. The maximum absolute atomic E-state index is 12.0. The maximum atomic E-state index is 12.0. The molecule has 6 heteroatoms. The Bertz CT molecular complexity index is 473. The normalized spacial score (nSPS) is 21.0. The molecule has 1 aliphatic rings. The fraction of sp³-hybridized carbons (Fsp3) is 0.562. The van der Waals surface area contributed by atoms with Gasteiger partial charge in [-0.15, -0.1) is 24.2 Å². The molecule has 2 unspecified atom stereocenters. The van der Waals surface area contributed by atoms with Gasteiger partial charge in [0.05, 0.1) is 5.75 Å². The van der Waals surface area contributed by atoms with E-state index in [0.29, 0.717) is 18.2 Å². The lowest BCUT2D eigenvalue weighted by Crippen LogP contribution is -2.45. The van der Waals surface area contributed by atoms with E-state index in [9.17, 15) is 4.79 Å². The lowest BCUT2D eigenvalue weighted by molar-refractivity contribution is -0.119. The van der Waals surface area contributed by atoms with Gasteiger partial charge < -0.3 is 11.1 Å². The number of amides is 1. The SMILES string of the molecule is Cl.NCC1CCCCC1NC(=O)CSCc1cccc(Cl)c1. The van der Waals surface area contributed by atoms with Crippen molar-refractivity contribution in [2.45, 2.75) is 37.5 Å². The monoisotopic (exact) mass is 362 g/mol. The summed E-state index contributed by atoms with van der Waals surface area (Å²) in [5.74, 6) is 1.85. The van der Waals surface area contributed by atoms with Gasteiger partial charge in [-0.25, -0.2) is 0 Å². The molecular weight excluding hydrogens is 339 g/mol. The second-order valence-corrected chi connectivity index (χ2v) is 7.00. The lowest BCUT2D eigenvalue weighted by Gasteiger charge is -2.31. The van der Waals surface area contributed by atoms with Crippen LogP contribution < -0.4 is 11.1 Å². The van der Waals surface area contributed by atoms with Crippen LogP contribution in [0.15, 0.2) is 24.3 Å². The van der Waals surface area contributed by atoms with Crippen LogP contribution in [0.5, 0.6) is 0 Å². The summed E-state index contributed by atoms with van der Waals surface area (Å²) in [5.41, 5.74) is 6.94. The number of benzene rings is 1. The van der Waals surface area contributed by atoms with Gasteiger partial charge in [0, 0.05) is 16.8 Å². The number of carbonyl (C=O) groups excluding carboxylic acids is 1. The van der Waals surface area contributed by atoms with E-state index in [1.807, 2.05) is 24.3 Å². The van der Waals surface area contributed by atoms with Gasteiger partial charge in [-0.1, -0.05) is 36.6 Å². The molecule has 0 aromatic heterocycles. The van der Waals surface area contributed by atoms with E-state index < -0.39 is 0 Å². The van der Waals surface area contributed by atoms with Crippen LogP contribution in [0.3, 0.4) is 0 Å². The highest BCUT2D eigenvalue weighted by Crippen LogP contribution is 2.23. The molecule has 1 aromatic carbocycles. The summed E-state index contributed by atoms with van der Waals surface area (Å²) in [4.78, 5) is 12.0. The molecule has 124 valence electrons. The van der Waals surface area contributed by atoms with E-state index in [0.717, 1.165) is 29.2 Å². The van der Waals surface area contributed by atoms with Gasteiger partial charge >= 0.3 is 0 Å². The van der Waals surface area contributed by atoms with Gasteiger partial charge in [-0.05, 0) is 43.0 Å². The van der Waals surface area contributed by atoms with Crippen molar-refractivity contribution in [3.63, 3.8) is 0 Å². The third-order valence-electron chi connectivity index (χ3n) is 3.95. The largest absolute Gasteiger partial charge is 0.352 e. The number of carbonyl (C=O) groups is 1. The number of thioether (sulfide) groups is 1. The first-order chi connectivity index (χ1) is 10.2. The second kappa shape index (κ2) is 10.4. The van der Waals surface area contributed by atoms with Crippen LogP contribution >= 0.6 is 35.8 Å². The van der Waals surface area contributed by atoms with Crippen LogP contribution in [0, 0.1) is 5.92 Å². The molecule has 3 nitrogen and oxygen atoms in total. The van der Waals surface area contributed by atoms with Gasteiger partial charge in [-0.2, -0.15) is 0 Å². The molecule has 0 aliphatic heterocycles. The molecule has 3 N–H and O–H groups in total. The third-order valence-corrected chi connectivity index (χ3v) is 5.19. The second-order valence-electron chi connectivity index (χ2n) is 5.58. The van der Waals surface area contributed by atoms with E-state index in [1.54, 1.807) is 11.8 Å². The minimum absolute atomic E-state index is 0. The van der Waals surface area contributed by atoms with Gasteiger partial charge in [0.15, 0.2) is 0 Å². The predicted octanol–water partition coefficient (Wildman–Crippen LogP) is 3.63. The smallest absolute Gasteiger partial charge is 0.230 e. The molecule has 1 fully saturated rings. The summed E-state index contributed by atoms with van der Waals surface area (Å²) >= 11 is 7.57. The first kappa shape index (κ1) is 19.6. The van der Waals surface area contributed by atoms with Crippen LogP contribution in [0.4, 0.5) is 0 Å². The van der Waals surface area contributed by atoms with Gasteiger partial charge in [0.25, 0.3) is 0 Å². The number of rotatable bonds is 6. The molecule has 0 bridgehead atoms. The average molecular weight is 363 g/mol.